The van der Waals surface area contributed by atoms with Crippen LogP contribution in [0.5, 0.6) is 0 Å². The predicted molar refractivity (Wildman–Crippen MR) is 102 cm³/mol. The predicted octanol–water partition coefficient (Wildman–Crippen LogP) is 4.41. The SMILES string of the molecule is CC1=[N+](CCCCc2cccs2)c2ccc(S(=O)(=O)O)cc2C1(C)C. The van der Waals surface area contributed by atoms with E-state index < -0.39 is 10.1 Å². The Morgan fingerprint density at radius 3 is 2.60 bits per heavy atom. The van der Waals surface area contributed by atoms with Crippen LogP contribution in [-0.2, 0) is 22.0 Å². The van der Waals surface area contributed by atoms with Crippen LogP contribution in [0.25, 0.3) is 0 Å². The van der Waals surface area contributed by atoms with Gasteiger partial charge in [-0.05, 0) is 50.3 Å². The summed E-state index contributed by atoms with van der Waals surface area (Å²) in [6.07, 6.45) is 3.30. The van der Waals surface area contributed by atoms with Crippen molar-refractivity contribution in [3.05, 3.63) is 46.2 Å². The van der Waals surface area contributed by atoms with E-state index in [0.29, 0.717) is 0 Å². The number of rotatable bonds is 6. The molecule has 134 valence electrons. The molecule has 0 fully saturated rings. The first-order valence-electron chi connectivity index (χ1n) is 8.47. The highest BCUT2D eigenvalue weighted by molar-refractivity contribution is 7.85. The number of nitrogens with zero attached hydrogens (tertiary/aromatic N) is 1. The molecular weight excluding hydrogens is 354 g/mol. The van der Waals surface area contributed by atoms with E-state index in [1.807, 2.05) is 6.07 Å². The van der Waals surface area contributed by atoms with Crippen LogP contribution >= 0.6 is 11.3 Å². The molecule has 0 bridgehead atoms. The molecular formula is C19H24NO3S2+. The summed E-state index contributed by atoms with van der Waals surface area (Å²) in [5.74, 6) is 0. The number of unbranched alkanes of at least 4 members (excludes halogenated alkanes) is 1. The Balaban J connectivity index is 1.80. The van der Waals surface area contributed by atoms with Crippen molar-refractivity contribution >= 4 is 32.9 Å². The van der Waals surface area contributed by atoms with Gasteiger partial charge in [0.25, 0.3) is 10.1 Å². The van der Waals surface area contributed by atoms with E-state index in [1.54, 1.807) is 17.4 Å². The fourth-order valence-electron chi connectivity index (χ4n) is 3.44. The number of aryl methyl sites for hydroxylation is 1. The van der Waals surface area contributed by atoms with Gasteiger partial charge in [0.05, 0.1) is 10.3 Å². The number of thiophene rings is 1. The van der Waals surface area contributed by atoms with Gasteiger partial charge in [0.1, 0.15) is 6.54 Å². The fourth-order valence-corrected chi connectivity index (χ4v) is 4.69. The van der Waals surface area contributed by atoms with Gasteiger partial charge in [-0.3, -0.25) is 4.55 Å². The molecule has 1 aromatic heterocycles. The Kier molecular flexibility index (Phi) is 4.88. The molecule has 1 aliphatic rings. The van der Waals surface area contributed by atoms with E-state index in [9.17, 15) is 13.0 Å². The van der Waals surface area contributed by atoms with Crippen molar-refractivity contribution < 1.29 is 17.5 Å². The van der Waals surface area contributed by atoms with Crippen molar-refractivity contribution in [2.24, 2.45) is 0 Å². The summed E-state index contributed by atoms with van der Waals surface area (Å²) in [5.41, 5.74) is 2.97. The zero-order valence-electron chi connectivity index (χ0n) is 14.8. The second-order valence-corrected chi connectivity index (χ2v) is 9.51. The summed E-state index contributed by atoms with van der Waals surface area (Å²) >= 11 is 1.80. The molecule has 0 radical (unpaired) electrons. The molecule has 6 heteroatoms. The van der Waals surface area contributed by atoms with Crippen LogP contribution in [0.15, 0.2) is 40.6 Å². The summed E-state index contributed by atoms with van der Waals surface area (Å²) in [5, 5.41) is 2.11. The molecule has 4 nitrogen and oxygen atoms in total. The van der Waals surface area contributed by atoms with Crippen LogP contribution in [0.3, 0.4) is 0 Å². The standard InChI is InChI=1S/C19H23NO3S2/c1-14-19(2,3)17-13-16(25(21,22)23)9-10-18(17)20(14)11-5-4-7-15-8-6-12-24-15/h6,8-10,12-13H,4-5,7,11H2,1-3H3/p+1. The minimum absolute atomic E-state index is 0.0355. The lowest BCUT2D eigenvalue weighted by Gasteiger charge is -2.15. The Hall–Kier alpha value is -1.50. The maximum absolute atomic E-state index is 11.5. The molecule has 3 rings (SSSR count). The molecule has 0 spiro atoms. The molecule has 1 N–H and O–H groups in total. The first-order valence-corrected chi connectivity index (χ1v) is 10.8. The van der Waals surface area contributed by atoms with Crippen molar-refractivity contribution in [1.82, 2.24) is 0 Å². The van der Waals surface area contributed by atoms with E-state index in [2.05, 4.69) is 42.9 Å². The van der Waals surface area contributed by atoms with E-state index in [4.69, 9.17) is 0 Å². The minimum atomic E-state index is -4.18. The molecule has 1 aromatic carbocycles. The molecule has 0 unspecified atom stereocenters. The topological polar surface area (TPSA) is 57.4 Å². The number of hydrogen-bond acceptors (Lipinski definition) is 3. The van der Waals surface area contributed by atoms with E-state index in [0.717, 1.165) is 37.1 Å². The summed E-state index contributed by atoms with van der Waals surface area (Å²) in [6, 6.07) is 9.17. The van der Waals surface area contributed by atoms with Gasteiger partial charge in [0, 0.05) is 29.9 Å². The van der Waals surface area contributed by atoms with Crippen LogP contribution < -0.4 is 0 Å². The lowest BCUT2D eigenvalue weighted by atomic mass is 9.82. The largest absolute Gasteiger partial charge is 0.294 e. The minimum Gasteiger partial charge on any atom is -0.282 e. The average Bonchev–Trinajstić information content (AvgIpc) is 3.11. The highest BCUT2D eigenvalue weighted by Crippen LogP contribution is 2.40. The third-order valence-corrected chi connectivity index (χ3v) is 6.96. The van der Waals surface area contributed by atoms with Gasteiger partial charge < -0.3 is 0 Å². The van der Waals surface area contributed by atoms with E-state index in [-0.39, 0.29) is 10.3 Å². The zero-order valence-corrected chi connectivity index (χ0v) is 16.5. The molecule has 0 atom stereocenters. The van der Waals surface area contributed by atoms with Gasteiger partial charge in [0.15, 0.2) is 5.71 Å². The molecule has 0 aliphatic carbocycles. The molecule has 25 heavy (non-hydrogen) atoms. The highest BCUT2D eigenvalue weighted by atomic mass is 32.2. The van der Waals surface area contributed by atoms with Crippen LogP contribution in [0.1, 0.15) is 44.1 Å². The van der Waals surface area contributed by atoms with E-state index >= 15 is 0 Å². The molecule has 0 saturated heterocycles. The van der Waals surface area contributed by atoms with Crippen molar-refractivity contribution in [3.63, 3.8) is 0 Å². The summed E-state index contributed by atoms with van der Waals surface area (Å²) < 4.78 is 34.6. The maximum Gasteiger partial charge on any atom is 0.294 e. The third kappa shape index (κ3) is 3.57. The van der Waals surface area contributed by atoms with Crippen LogP contribution in [0.2, 0.25) is 0 Å². The number of fused-ring (bicyclic) bond motifs is 1. The van der Waals surface area contributed by atoms with Gasteiger partial charge in [-0.15, -0.1) is 11.3 Å². The number of hydrogen-bond donors (Lipinski definition) is 1. The van der Waals surface area contributed by atoms with Crippen LogP contribution in [-0.4, -0.2) is 29.8 Å². The summed E-state index contributed by atoms with van der Waals surface area (Å²) in [4.78, 5) is 1.38. The Morgan fingerprint density at radius 1 is 1.20 bits per heavy atom. The Morgan fingerprint density at radius 2 is 1.96 bits per heavy atom. The Bertz CT molecular complexity index is 910. The van der Waals surface area contributed by atoms with Crippen LogP contribution in [0.4, 0.5) is 5.69 Å². The van der Waals surface area contributed by atoms with Gasteiger partial charge in [0.2, 0.25) is 5.69 Å². The van der Waals surface area contributed by atoms with Gasteiger partial charge >= 0.3 is 0 Å². The van der Waals surface area contributed by atoms with Crippen molar-refractivity contribution in [1.29, 1.82) is 0 Å². The first-order chi connectivity index (χ1) is 11.7. The van der Waals surface area contributed by atoms with Crippen LogP contribution in [0, 0.1) is 0 Å². The molecule has 1 aliphatic heterocycles. The Labute approximate surface area is 153 Å². The second-order valence-electron chi connectivity index (χ2n) is 7.05. The first kappa shape index (κ1) is 18.3. The van der Waals surface area contributed by atoms with Crippen molar-refractivity contribution in [2.45, 2.75) is 50.3 Å². The second kappa shape index (κ2) is 6.67. The third-order valence-electron chi connectivity index (χ3n) is 5.17. The quantitative estimate of drug-likeness (QED) is 0.460. The normalized spacial score (nSPS) is 16.3. The molecule has 2 heterocycles. The monoisotopic (exact) mass is 378 g/mol. The smallest absolute Gasteiger partial charge is 0.282 e. The maximum atomic E-state index is 11.5. The fraction of sp³-hybridized carbons (Fsp3) is 0.421. The van der Waals surface area contributed by atoms with E-state index in [1.165, 1.54) is 16.7 Å². The van der Waals surface area contributed by atoms with Crippen molar-refractivity contribution in [2.75, 3.05) is 6.54 Å². The molecule has 0 saturated carbocycles. The zero-order chi connectivity index (χ0) is 18.2. The lowest BCUT2D eigenvalue weighted by molar-refractivity contribution is -0.439. The number of benzene rings is 1. The van der Waals surface area contributed by atoms with Gasteiger partial charge in [-0.2, -0.15) is 13.0 Å². The lowest BCUT2D eigenvalue weighted by Crippen LogP contribution is -2.26. The van der Waals surface area contributed by atoms with Crippen molar-refractivity contribution in [3.8, 4) is 0 Å². The summed E-state index contributed by atoms with van der Waals surface area (Å²) in [7, 11) is -4.18. The highest BCUT2D eigenvalue weighted by Gasteiger charge is 2.43. The van der Waals surface area contributed by atoms with Gasteiger partial charge in [-0.1, -0.05) is 6.07 Å². The summed E-state index contributed by atoms with van der Waals surface area (Å²) in [6.45, 7) is 7.21. The molecule has 2 aromatic rings. The molecule has 0 amide bonds. The van der Waals surface area contributed by atoms with Gasteiger partial charge in [-0.25, -0.2) is 0 Å². The average molecular weight is 379 g/mol.